The largest absolute Gasteiger partial charge is 0.466 e. The Balaban J connectivity index is 2.93. The van der Waals surface area contributed by atoms with Crippen molar-refractivity contribution in [1.82, 2.24) is 0 Å². The van der Waals surface area contributed by atoms with Crippen LogP contribution in [-0.2, 0) is 19.1 Å². The van der Waals surface area contributed by atoms with Crippen LogP contribution >= 0.6 is 0 Å². The van der Waals surface area contributed by atoms with Crippen molar-refractivity contribution in [2.75, 3.05) is 13.2 Å². The molecule has 100 valence electrons. The highest BCUT2D eigenvalue weighted by Gasteiger charge is 2.30. The lowest BCUT2D eigenvalue weighted by Crippen LogP contribution is -2.25. The standard InChI is InChI=1S/C14H20O4/c1-4-17-13(15)11-8-6-10(3)7-9-12(11)14(16)18-5-2/h6,8,12H,4-5,7,9H2,1-3H3. The van der Waals surface area contributed by atoms with E-state index >= 15 is 0 Å². The molecule has 0 radical (unpaired) electrons. The van der Waals surface area contributed by atoms with Crippen LogP contribution in [0.5, 0.6) is 0 Å². The van der Waals surface area contributed by atoms with Crippen molar-refractivity contribution >= 4 is 11.9 Å². The Morgan fingerprint density at radius 1 is 1.22 bits per heavy atom. The van der Waals surface area contributed by atoms with Crippen molar-refractivity contribution in [3.63, 3.8) is 0 Å². The van der Waals surface area contributed by atoms with Gasteiger partial charge < -0.3 is 9.47 Å². The van der Waals surface area contributed by atoms with Gasteiger partial charge in [0.1, 0.15) is 0 Å². The molecule has 0 aromatic carbocycles. The average Bonchev–Trinajstić information content (AvgIpc) is 2.52. The minimum absolute atomic E-state index is 0.300. The highest BCUT2D eigenvalue weighted by molar-refractivity contribution is 5.96. The zero-order valence-corrected chi connectivity index (χ0v) is 11.2. The summed E-state index contributed by atoms with van der Waals surface area (Å²) >= 11 is 0. The molecule has 0 N–H and O–H groups in total. The molecule has 18 heavy (non-hydrogen) atoms. The number of esters is 2. The van der Waals surface area contributed by atoms with Gasteiger partial charge in [0.15, 0.2) is 0 Å². The third kappa shape index (κ3) is 3.72. The fourth-order valence-electron chi connectivity index (χ4n) is 1.87. The van der Waals surface area contributed by atoms with Gasteiger partial charge >= 0.3 is 11.9 Å². The van der Waals surface area contributed by atoms with Gasteiger partial charge in [-0.25, -0.2) is 4.79 Å². The van der Waals surface area contributed by atoms with E-state index in [0.29, 0.717) is 25.2 Å². The van der Waals surface area contributed by atoms with Gasteiger partial charge in [0, 0.05) is 0 Å². The molecule has 0 aromatic heterocycles. The van der Waals surface area contributed by atoms with Crippen molar-refractivity contribution in [3.8, 4) is 0 Å². The van der Waals surface area contributed by atoms with Gasteiger partial charge in [0.25, 0.3) is 0 Å². The van der Waals surface area contributed by atoms with E-state index in [1.807, 2.05) is 13.0 Å². The third-order valence-electron chi connectivity index (χ3n) is 2.83. The first-order valence-corrected chi connectivity index (χ1v) is 6.31. The number of hydrogen-bond acceptors (Lipinski definition) is 4. The van der Waals surface area contributed by atoms with Crippen molar-refractivity contribution in [2.24, 2.45) is 5.92 Å². The van der Waals surface area contributed by atoms with Crippen LogP contribution in [0.4, 0.5) is 0 Å². The lowest BCUT2D eigenvalue weighted by atomic mass is 9.94. The molecule has 4 nitrogen and oxygen atoms in total. The van der Waals surface area contributed by atoms with Crippen LogP contribution in [0.25, 0.3) is 0 Å². The summed E-state index contributed by atoms with van der Waals surface area (Å²) in [6, 6.07) is 0. The van der Waals surface area contributed by atoms with E-state index in [1.54, 1.807) is 19.9 Å². The van der Waals surface area contributed by atoms with E-state index in [0.717, 1.165) is 12.0 Å². The van der Waals surface area contributed by atoms with Gasteiger partial charge in [-0.15, -0.1) is 0 Å². The topological polar surface area (TPSA) is 52.6 Å². The molecular weight excluding hydrogens is 232 g/mol. The first-order chi connectivity index (χ1) is 8.60. The Morgan fingerprint density at radius 2 is 1.89 bits per heavy atom. The quantitative estimate of drug-likeness (QED) is 0.721. The van der Waals surface area contributed by atoms with Crippen molar-refractivity contribution in [2.45, 2.75) is 33.6 Å². The number of carbonyl (C=O) groups is 2. The number of rotatable bonds is 4. The average molecular weight is 252 g/mol. The maximum Gasteiger partial charge on any atom is 0.334 e. The Labute approximate surface area is 108 Å². The number of hydrogen-bond donors (Lipinski definition) is 0. The summed E-state index contributed by atoms with van der Waals surface area (Å²) in [5, 5.41) is 0. The number of carbonyl (C=O) groups excluding carboxylic acids is 2. The Hall–Kier alpha value is -1.58. The van der Waals surface area contributed by atoms with Crippen LogP contribution in [0.15, 0.2) is 23.3 Å². The van der Waals surface area contributed by atoms with Crippen LogP contribution in [0.3, 0.4) is 0 Å². The second kappa shape index (κ2) is 6.99. The molecule has 0 spiro atoms. The summed E-state index contributed by atoms with van der Waals surface area (Å²) in [4.78, 5) is 23.7. The normalized spacial score (nSPS) is 19.4. The Bertz CT molecular complexity index is 379. The highest BCUT2D eigenvalue weighted by Crippen LogP contribution is 2.26. The predicted molar refractivity (Wildman–Crippen MR) is 67.8 cm³/mol. The molecule has 0 aromatic rings. The van der Waals surface area contributed by atoms with Crippen molar-refractivity contribution < 1.29 is 19.1 Å². The van der Waals surface area contributed by atoms with Crippen LogP contribution < -0.4 is 0 Å². The summed E-state index contributed by atoms with van der Waals surface area (Å²) in [6.07, 6.45) is 4.92. The van der Waals surface area contributed by atoms with E-state index in [9.17, 15) is 9.59 Å². The van der Waals surface area contributed by atoms with E-state index in [4.69, 9.17) is 9.47 Å². The van der Waals surface area contributed by atoms with Gasteiger partial charge in [-0.1, -0.05) is 17.7 Å². The molecule has 0 aliphatic heterocycles. The van der Waals surface area contributed by atoms with Crippen molar-refractivity contribution in [3.05, 3.63) is 23.3 Å². The third-order valence-corrected chi connectivity index (χ3v) is 2.83. The molecule has 4 heteroatoms. The summed E-state index contributed by atoms with van der Waals surface area (Å²) in [5.41, 5.74) is 1.54. The highest BCUT2D eigenvalue weighted by atomic mass is 16.5. The first-order valence-electron chi connectivity index (χ1n) is 6.31. The SMILES string of the molecule is CCOC(=O)C1=CC=C(C)CCC1C(=O)OCC. The fourth-order valence-corrected chi connectivity index (χ4v) is 1.87. The monoisotopic (exact) mass is 252 g/mol. The second-order valence-electron chi connectivity index (χ2n) is 4.20. The van der Waals surface area contributed by atoms with E-state index in [2.05, 4.69) is 0 Å². The van der Waals surface area contributed by atoms with Gasteiger partial charge in [0.2, 0.25) is 0 Å². The minimum atomic E-state index is -0.516. The van der Waals surface area contributed by atoms with Crippen LogP contribution in [-0.4, -0.2) is 25.2 Å². The van der Waals surface area contributed by atoms with Gasteiger partial charge in [-0.2, -0.15) is 0 Å². The van der Waals surface area contributed by atoms with Gasteiger partial charge in [-0.3, -0.25) is 4.79 Å². The molecule has 1 aliphatic carbocycles. The van der Waals surface area contributed by atoms with Crippen LogP contribution in [0.2, 0.25) is 0 Å². The van der Waals surface area contributed by atoms with Crippen LogP contribution in [0.1, 0.15) is 33.6 Å². The lowest BCUT2D eigenvalue weighted by molar-refractivity contribution is -0.150. The molecule has 1 rings (SSSR count). The Kier molecular flexibility index (Phi) is 5.62. The molecule has 1 aliphatic rings. The van der Waals surface area contributed by atoms with E-state index in [-0.39, 0.29) is 5.97 Å². The molecule has 0 fully saturated rings. The zero-order valence-electron chi connectivity index (χ0n) is 11.2. The fraction of sp³-hybridized carbons (Fsp3) is 0.571. The maximum absolute atomic E-state index is 11.9. The van der Waals surface area contributed by atoms with E-state index < -0.39 is 11.9 Å². The summed E-state index contributed by atoms with van der Waals surface area (Å²) in [6.45, 7) is 6.10. The lowest BCUT2D eigenvalue weighted by Gasteiger charge is -2.16. The zero-order chi connectivity index (χ0) is 13.5. The molecule has 1 unspecified atom stereocenters. The molecular formula is C14H20O4. The van der Waals surface area contributed by atoms with Crippen LogP contribution in [0, 0.1) is 5.92 Å². The summed E-state index contributed by atoms with van der Waals surface area (Å²) in [5.74, 6) is -1.29. The minimum Gasteiger partial charge on any atom is -0.466 e. The summed E-state index contributed by atoms with van der Waals surface area (Å²) in [7, 11) is 0. The molecule has 0 bridgehead atoms. The molecule has 0 saturated heterocycles. The smallest absolute Gasteiger partial charge is 0.334 e. The Morgan fingerprint density at radius 3 is 2.50 bits per heavy atom. The molecule has 1 atom stereocenters. The van der Waals surface area contributed by atoms with Gasteiger partial charge in [0.05, 0.1) is 24.7 Å². The van der Waals surface area contributed by atoms with Gasteiger partial charge in [-0.05, 0) is 33.6 Å². The predicted octanol–water partition coefficient (Wildman–Crippen LogP) is 2.40. The van der Waals surface area contributed by atoms with Crippen molar-refractivity contribution in [1.29, 1.82) is 0 Å². The number of allylic oxidation sites excluding steroid dienone is 3. The van der Waals surface area contributed by atoms with E-state index in [1.165, 1.54) is 0 Å². The first kappa shape index (κ1) is 14.5. The summed E-state index contributed by atoms with van der Waals surface area (Å²) < 4.78 is 10.0. The molecule has 0 saturated carbocycles. The molecule has 0 heterocycles. The number of ether oxygens (including phenoxy) is 2. The second-order valence-corrected chi connectivity index (χ2v) is 4.20. The maximum atomic E-state index is 11.9. The molecule has 0 amide bonds.